The van der Waals surface area contributed by atoms with Crippen LogP contribution < -0.4 is 9.46 Å². The van der Waals surface area contributed by atoms with Crippen LogP contribution in [0.25, 0.3) is 0 Å². The SMILES string of the molecule is COc1ccccc1S(=O)(=O)NC[C@H](O)C(=O)O. The number of aliphatic hydroxyl groups is 1. The molecule has 0 fully saturated rings. The first-order chi connectivity index (χ1) is 8.38. The molecule has 7 nitrogen and oxygen atoms in total. The lowest BCUT2D eigenvalue weighted by molar-refractivity contribution is -0.146. The molecule has 0 aliphatic carbocycles. The summed E-state index contributed by atoms with van der Waals surface area (Å²) in [5.41, 5.74) is 0. The second kappa shape index (κ2) is 5.80. The molecule has 1 aromatic carbocycles. The zero-order chi connectivity index (χ0) is 13.8. The fourth-order valence-corrected chi connectivity index (χ4v) is 2.40. The molecular weight excluding hydrogens is 262 g/mol. The van der Waals surface area contributed by atoms with E-state index in [2.05, 4.69) is 0 Å². The third-order valence-corrected chi connectivity index (χ3v) is 3.57. The summed E-state index contributed by atoms with van der Waals surface area (Å²) in [5, 5.41) is 17.4. The third-order valence-electron chi connectivity index (χ3n) is 2.11. The van der Waals surface area contributed by atoms with Crippen LogP contribution >= 0.6 is 0 Å². The largest absolute Gasteiger partial charge is 0.495 e. The topological polar surface area (TPSA) is 113 Å². The van der Waals surface area contributed by atoms with Gasteiger partial charge in [-0.2, -0.15) is 0 Å². The van der Waals surface area contributed by atoms with Crippen LogP contribution in [0.5, 0.6) is 5.75 Å². The fraction of sp³-hybridized carbons (Fsp3) is 0.300. The molecule has 1 atom stereocenters. The summed E-state index contributed by atoms with van der Waals surface area (Å²) in [6, 6.07) is 5.88. The summed E-state index contributed by atoms with van der Waals surface area (Å²) in [5.74, 6) is -1.37. The van der Waals surface area contributed by atoms with Crippen LogP contribution in [0, 0.1) is 0 Å². The fourth-order valence-electron chi connectivity index (χ4n) is 1.19. The second-order valence-corrected chi connectivity index (χ2v) is 5.09. The molecule has 18 heavy (non-hydrogen) atoms. The number of methoxy groups -OCH3 is 1. The minimum atomic E-state index is -3.93. The summed E-state index contributed by atoms with van der Waals surface area (Å²) in [6.07, 6.45) is -1.80. The average Bonchev–Trinajstić information content (AvgIpc) is 2.35. The van der Waals surface area contributed by atoms with Crippen molar-refractivity contribution in [1.29, 1.82) is 0 Å². The highest BCUT2D eigenvalue weighted by Gasteiger charge is 2.22. The van der Waals surface area contributed by atoms with Gasteiger partial charge in [-0.1, -0.05) is 12.1 Å². The summed E-state index contributed by atoms with van der Waals surface area (Å²) < 4.78 is 30.6. The predicted octanol–water partition coefficient (Wildman–Crippen LogP) is -0.581. The van der Waals surface area contributed by atoms with Gasteiger partial charge >= 0.3 is 5.97 Å². The number of rotatable bonds is 6. The summed E-state index contributed by atoms with van der Waals surface area (Å²) in [6.45, 7) is -0.615. The molecule has 0 spiro atoms. The van der Waals surface area contributed by atoms with Gasteiger partial charge in [0.1, 0.15) is 10.6 Å². The normalized spacial score (nSPS) is 13.0. The Balaban J connectivity index is 2.90. The maximum Gasteiger partial charge on any atom is 0.333 e. The van der Waals surface area contributed by atoms with Crippen molar-refractivity contribution in [2.24, 2.45) is 0 Å². The van der Waals surface area contributed by atoms with Gasteiger partial charge in [-0.15, -0.1) is 0 Å². The predicted molar refractivity (Wildman–Crippen MR) is 61.8 cm³/mol. The standard InChI is InChI=1S/C10H13NO6S/c1-17-8-4-2-3-5-9(8)18(15,16)11-6-7(12)10(13)14/h2-5,7,11-12H,6H2,1H3,(H,13,14)/t7-/m0/s1. The first-order valence-corrected chi connectivity index (χ1v) is 6.40. The summed E-state index contributed by atoms with van der Waals surface area (Å²) in [7, 11) is -2.61. The van der Waals surface area contributed by atoms with Gasteiger partial charge in [0.25, 0.3) is 0 Å². The Morgan fingerprint density at radius 1 is 1.44 bits per heavy atom. The van der Waals surface area contributed by atoms with Crippen LogP contribution in [-0.2, 0) is 14.8 Å². The van der Waals surface area contributed by atoms with E-state index in [1.807, 2.05) is 4.72 Å². The average molecular weight is 275 g/mol. The van der Waals surface area contributed by atoms with Crippen LogP contribution in [0.15, 0.2) is 29.2 Å². The van der Waals surface area contributed by atoms with Gasteiger partial charge in [0.15, 0.2) is 6.10 Å². The molecule has 0 bridgehead atoms. The molecule has 1 aromatic rings. The molecule has 1 rings (SSSR count). The number of hydrogen-bond donors (Lipinski definition) is 3. The molecule has 8 heteroatoms. The Kier molecular flexibility index (Phi) is 4.65. The Labute approximate surface area is 104 Å². The maximum atomic E-state index is 11.8. The number of carboxylic acids is 1. The number of sulfonamides is 1. The Bertz CT molecular complexity index is 527. The van der Waals surface area contributed by atoms with Crippen LogP contribution in [0.2, 0.25) is 0 Å². The van der Waals surface area contributed by atoms with E-state index in [0.717, 1.165) is 0 Å². The number of carboxylic acid groups (broad SMARTS) is 1. The van der Waals surface area contributed by atoms with Crippen LogP contribution in [0.4, 0.5) is 0 Å². The van der Waals surface area contributed by atoms with E-state index in [1.54, 1.807) is 6.07 Å². The molecule has 0 radical (unpaired) electrons. The van der Waals surface area contributed by atoms with E-state index < -0.39 is 28.6 Å². The van der Waals surface area contributed by atoms with E-state index in [1.165, 1.54) is 25.3 Å². The first-order valence-electron chi connectivity index (χ1n) is 4.92. The van der Waals surface area contributed by atoms with Crippen molar-refractivity contribution in [3.8, 4) is 5.75 Å². The highest BCUT2D eigenvalue weighted by atomic mass is 32.2. The molecule has 0 saturated heterocycles. The highest BCUT2D eigenvalue weighted by molar-refractivity contribution is 7.89. The van der Waals surface area contributed by atoms with Gasteiger partial charge in [-0.3, -0.25) is 0 Å². The van der Waals surface area contributed by atoms with Crippen LogP contribution in [-0.4, -0.2) is 44.4 Å². The number of nitrogens with one attached hydrogen (secondary N) is 1. The van der Waals surface area contributed by atoms with Crippen molar-refractivity contribution in [3.63, 3.8) is 0 Å². The van der Waals surface area contributed by atoms with Gasteiger partial charge in [-0.05, 0) is 12.1 Å². The van der Waals surface area contributed by atoms with E-state index >= 15 is 0 Å². The molecular formula is C10H13NO6S. The molecule has 0 amide bonds. The monoisotopic (exact) mass is 275 g/mol. The smallest absolute Gasteiger partial charge is 0.333 e. The Hall–Kier alpha value is -1.64. The molecule has 0 aliphatic heterocycles. The van der Waals surface area contributed by atoms with Crippen molar-refractivity contribution >= 4 is 16.0 Å². The molecule has 0 aliphatic rings. The molecule has 3 N–H and O–H groups in total. The van der Waals surface area contributed by atoms with E-state index in [4.69, 9.17) is 14.9 Å². The number of benzene rings is 1. The zero-order valence-electron chi connectivity index (χ0n) is 9.53. The van der Waals surface area contributed by atoms with Gasteiger partial charge < -0.3 is 14.9 Å². The van der Waals surface area contributed by atoms with Crippen molar-refractivity contribution < 1.29 is 28.2 Å². The Morgan fingerprint density at radius 2 is 2.06 bits per heavy atom. The van der Waals surface area contributed by atoms with Crippen molar-refractivity contribution in [2.45, 2.75) is 11.0 Å². The Morgan fingerprint density at radius 3 is 2.61 bits per heavy atom. The number of hydrogen-bond acceptors (Lipinski definition) is 5. The van der Waals surface area contributed by atoms with E-state index in [9.17, 15) is 13.2 Å². The minimum absolute atomic E-state index is 0.120. The number of ether oxygens (including phenoxy) is 1. The quantitative estimate of drug-likeness (QED) is 0.640. The summed E-state index contributed by atoms with van der Waals surface area (Å²) in [4.78, 5) is 10.2. The molecule has 0 unspecified atom stereocenters. The van der Waals surface area contributed by atoms with Gasteiger partial charge in [-0.25, -0.2) is 17.9 Å². The van der Waals surface area contributed by atoms with Crippen molar-refractivity contribution in [1.82, 2.24) is 4.72 Å². The van der Waals surface area contributed by atoms with E-state index in [-0.39, 0.29) is 10.6 Å². The van der Waals surface area contributed by atoms with Crippen LogP contribution in [0.3, 0.4) is 0 Å². The number of aliphatic carboxylic acids is 1. The van der Waals surface area contributed by atoms with Crippen molar-refractivity contribution in [3.05, 3.63) is 24.3 Å². The number of carbonyl (C=O) groups is 1. The third kappa shape index (κ3) is 3.42. The van der Waals surface area contributed by atoms with Gasteiger partial charge in [0, 0.05) is 6.54 Å². The zero-order valence-corrected chi connectivity index (χ0v) is 10.3. The highest BCUT2D eigenvalue weighted by Crippen LogP contribution is 2.22. The van der Waals surface area contributed by atoms with E-state index in [0.29, 0.717) is 0 Å². The maximum absolute atomic E-state index is 11.8. The lowest BCUT2D eigenvalue weighted by Crippen LogP contribution is -2.36. The number of para-hydroxylation sites is 1. The molecule has 0 saturated carbocycles. The lowest BCUT2D eigenvalue weighted by atomic mass is 10.3. The van der Waals surface area contributed by atoms with Crippen molar-refractivity contribution in [2.75, 3.05) is 13.7 Å². The number of aliphatic hydroxyl groups excluding tert-OH is 1. The van der Waals surface area contributed by atoms with Gasteiger partial charge in [0.2, 0.25) is 10.0 Å². The minimum Gasteiger partial charge on any atom is -0.495 e. The summed E-state index contributed by atoms with van der Waals surface area (Å²) >= 11 is 0. The molecule has 0 aromatic heterocycles. The lowest BCUT2D eigenvalue weighted by Gasteiger charge is -2.11. The first kappa shape index (κ1) is 14.4. The van der Waals surface area contributed by atoms with Gasteiger partial charge in [0.05, 0.1) is 7.11 Å². The molecule has 100 valence electrons. The van der Waals surface area contributed by atoms with Crippen LogP contribution in [0.1, 0.15) is 0 Å². The molecule has 0 heterocycles. The second-order valence-electron chi connectivity index (χ2n) is 3.36.